The number of carboxylic acids is 1. The van der Waals surface area contributed by atoms with Crippen molar-refractivity contribution in [2.75, 3.05) is 13.7 Å². The highest BCUT2D eigenvalue weighted by Crippen LogP contribution is 2.27. The number of fused-ring (bicyclic) bond motifs is 1. The molecule has 18 heavy (non-hydrogen) atoms. The normalized spacial score (nSPS) is 11.1. The van der Waals surface area contributed by atoms with E-state index in [9.17, 15) is 9.90 Å². The average molecular weight is 265 g/mol. The Morgan fingerprint density at radius 3 is 2.78 bits per heavy atom. The second-order valence-corrected chi connectivity index (χ2v) is 4.68. The van der Waals surface area contributed by atoms with Gasteiger partial charge < -0.3 is 14.4 Å². The predicted octanol–water partition coefficient (Wildman–Crippen LogP) is 2.58. The van der Waals surface area contributed by atoms with Gasteiger partial charge >= 0.3 is 5.97 Å². The molecule has 0 bridgehead atoms. The summed E-state index contributed by atoms with van der Waals surface area (Å²) < 4.78 is 6.76. The molecule has 4 nitrogen and oxygen atoms in total. The van der Waals surface area contributed by atoms with Gasteiger partial charge in [-0.25, -0.2) is 4.79 Å². The number of benzene rings is 1. The standard InChI is InChI=1S/C13H15NO3S/c1-8-5-9-7-10(13(15)16)14(3-4-17-2)12(9)11(18)6-8/h5-7,18H,3-4H2,1-2H3,(H,15,16). The van der Waals surface area contributed by atoms with E-state index < -0.39 is 5.97 Å². The molecule has 0 aliphatic carbocycles. The Morgan fingerprint density at radius 1 is 1.44 bits per heavy atom. The maximum absolute atomic E-state index is 11.3. The molecule has 0 saturated heterocycles. The summed E-state index contributed by atoms with van der Waals surface area (Å²) in [5.74, 6) is -0.937. The van der Waals surface area contributed by atoms with Gasteiger partial charge in [0, 0.05) is 23.9 Å². The molecule has 1 N–H and O–H groups in total. The summed E-state index contributed by atoms with van der Waals surface area (Å²) in [6.07, 6.45) is 0. The minimum atomic E-state index is -0.937. The van der Waals surface area contributed by atoms with Gasteiger partial charge in [0.15, 0.2) is 0 Å². The zero-order valence-electron chi connectivity index (χ0n) is 10.3. The van der Waals surface area contributed by atoms with Crippen molar-refractivity contribution in [1.29, 1.82) is 0 Å². The van der Waals surface area contributed by atoms with Crippen molar-refractivity contribution in [1.82, 2.24) is 4.57 Å². The highest BCUT2D eigenvalue weighted by molar-refractivity contribution is 7.80. The monoisotopic (exact) mass is 265 g/mol. The SMILES string of the molecule is COCCn1c(C(=O)O)cc2cc(C)cc(S)c21. The quantitative estimate of drug-likeness (QED) is 0.835. The molecule has 96 valence electrons. The molecule has 0 atom stereocenters. The Labute approximate surface area is 111 Å². The van der Waals surface area contributed by atoms with Crippen LogP contribution in [0.2, 0.25) is 0 Å². The van der Waals surface area contributed by atoms with Crippen LogP contribution in [0.1, 0.15) is 16.1 Å². The smallest absolute Gasteiger partial charge is 0.352 e. The Hall–Kier alpha value is -1.46. The lowest BCUT2D eigenvalue weighted by atomic mass is 10.2. The van der Waals surface area contributed by atoms with Gasteiger partial charge in [0.2, 0.25) is 0 Å². The maximum atomic E-state index is 11.3. The number of methoxy groups -OCH3 is 1. The van der Waals surface area contributed by atoms with E-state index in [-0.39, 0.29) is 5.69 Å². The van der Waals surface area contributed by atoms with E-state index >= 15 is 0 Å². The molecular formula is C13H15NO3S. The molecule has 0 fully saturated rings. The van der Waals surface area contributed by atoms with Crippen LogP contribution in [0.25, 0.3) is 10.9 Å². The summed E-state index contributed by atoms with van der Waals surface area (Å²) in [7, 11) is 1.60. The number of hydrogen-bond donors (Lipinski definition) is 2. The van der Waals surface area contributed by atoms with Crippen molar-refractivity contribution < 1.29 is 14.6 Å². The molecule has 0 aliphatic rings. The largest absolute Gasteiger partial charge is 0.477 e. The molecule has 1 aromatic heterocycles. The van der Waals surface area contributed by atoms with Crippen molar-refractivity contribution in [2.24, 2.45) is 0 Å². The van der Waals surface area contributed by atoms with Gasteiger partial charge in [0.25, 0.3) is 0 Å². The van der Waals surface area contributed by atoms with Gasteiger partial charge in [-0.05, 0) is 30.7 Å². The third-order valence-electron chi connectivity index (χ3n) is 2.85. The van der Waals surface area contributed by atoms with Crippen molar-refractivity contribution >= 4 is 29.5 Å². The van der Waals surface area contributed by atoms with E-state index in [4.69, 9.17) is 4.74 Å². The first kappa shape index (κ1) is 13.0. The molecule has 1 aromatic carbocycles. The predicted molar refractivity (Wildman–Crippen MR) is 72.8 cm³/mol. The van der Waals surface area contributed by atoms with Gasteiger partial charge in [0.1, 0.15) is 5.69 Å². The van der Waals surface area contributed by atoms with Crippen LogP contribution in [-0.4, -0.2) is 29.4 Å². The molecule has 0 radical (unpaired) electrons. The van der Waals surface area contributed by atoms with Crippen LogP contribution < -0.4 is 0 Å². The number of nitrogens with zero attached hydrogens (tertiary/aromatic N) is 1. The van der Waals surface area contributed by atoms with Crippen molar-refractivity contribution in [3.8, 4) is 0 Å². The molecule has 0 spiro atoms. The number of hydrogen-bond acceptors (Lipinski definition) is 3. The molecule has 5 heteroatoms. The van der Waals surface area contributed by atoms with Crippen LogP contribution >= 0.6 is 12.6 Å². The minimum absolute atomic E-state index is 0.267. The summed E-state index contributed by atoms with van der Waals surface area (Å²) in [5, 5.41) is 10.1. The number of carboxylic acid groups (broad SMARTS) is 1. The van der Waals surface area contributed by atoms with E-state index in [1.807, 2.05) is 19.1 Å². The fraction of sp³-hybridized carbons (Fsp3) is 0.308. The first-order chi connectivity index (χ1) is 8.54. The second-order valence-electron chi connectivity index (χ2n) is 4.20. The van der Waals surface area contributed by atoms with Crippen molar-refractivity contribution in [3.05, 3.63) is 29.5 Å². The maximum Gasteiger partial charge on any atom is 0.352 e. The van der Waals surface area contributed by atoms with Crippen molar-refractivity contribution in [2.45, 2.75) is 18.4 Å². The zero-order valence-corrected chi connectivity index (χ0v) is 11.2. The van der Waals surface area contributed by atoms with Crippen LogP contribution in [0.3, 0.4) is 0 Å². The lowest BCUT2D eigenvalue weighted by Crippen LogP contribution is -2.11. The molecule has 0 saturated carbocycles. The summed E-state index contributed by atoms with van der Waals surface area (Å²) in [5.41, 5.74) is 2.18. The van der Waals surface area contributed by atoms with Crippen LogP contribution in [0.5, 0.6) is 0 Å². The fourth-order valence-electron chi connectivity index (χ4n) is 2.13. The lowest BCUT2D eigenvalue weighted by molar-refractivity contribution is 0.0683. The number of carbonyl (C=O) groups is 1. The number of thiol groups is 1. The number of aromatic nitrogens is 1. The number of rotatable bonds is 4. The third kappa shape index (κ3) is 2.23. The molecule has 0 unspecified atom stereocenters. The molecule has 2 rings (SSSR count). The highest BCUT2D eigenvalue weighted by Gasteiger charge is 2.16. The van der Waals surface area contributed by atoms with E-state index in [1.54, 1.807) is 17.7 Å². The molecular weight excluding hydrogens is 250 g/mol. The van der Waals surface area contributed by atoms with Gasteiger partial charge in [0.05, 0.1) is 12.1 Å². The van der Waals surface area contributed by atoms with Crippen LogP contribution in [0.15, 0.2) is 23.1 Å². The van der Waals surface area contributed by atoms with Gasteiger partial charge in [-0.3, -0.25) is 0 Å². The van der Waals surface area contributed by atoms with Crippen LogP contribution in [0, 0.1) is 6.92 Å². The first-order valence-corrected chi connectivity index (χ1v) is 6.04. The number of aromatic carboxylic acids is 1. The third-order valence-corrected chi connectivity index (χ3v) is 3.20. The van der Waals surface area contributed by atoms with E-state index in [2.05, 4.69) is 12.6 Å². The Morgan fingerprint density at radius 2 is 2.17 bits per heavy atom. The van der Waals surface area contributed by atoms with Gasteiger partial charge in [-0.2, -0.15) is 0 Å². The molecule has 1 heterocycles. The van der Waals surface area contributed by atoms with E-state index in [1.165, 1.54) is 0 Å². The topological polar surface area (TPSA) is 51.5 Å². The van der Waals surface area contributed by atoms with Crippen molar-refractivity contribution in [3.63, 3.8) is 0 Å². The number of aryl methyl sites for hydroxylation is 1. The highest BCUT2D eigenvalue weighted by atomic mass is 32.1. The van der Waals surface area contributed by atoms with Crippen LogP contribution in [0.4, 0.5) is 0 Å². The molecule has 0 aliphatic heterocycles. The number of ether oxygens (including phenoxy) is 1. The van der Waals surface area contributed by atoms with E-state index in [0.29, 0.717) is 13.2 Å². The fourth-order valence-corrected chi connectivity index (χ4v) is 2.58. The summed E-state index contributed by atoms with van der Waals surface area (Å²) in [6.45, 7) is 2.93. The molecule has 2 aromatic rings. The Kier molecular flexibility index (Phi) is 3.63. The zero-order chi connectivity index (χ0) is 13.3. The Bertz CT molecular complexity index is 604. The molecule has 0 amide bonds. The summed E-state index contributed by atoms with van der Waals surface area (Å²) >= 11 is 4.44. The minimum Gasteiger partial charge on any atom is -0.477 e. The summed E-state index contributed by atoms with van der Waals surface area (Å²) in [4.78, 5) is 12.0. The average Bonchev–Trinajstić information content (AvgIpc) is 2.65. The van der Waals surface area contributed by atoms with Gasteiger partial charge in [-0.15, -0.1) is 12.6 Å². The van der Waals surface area contributed by atoms with Gasteiger partial charge in [-0.1, -0.05) is 0 Å². The van der Waals surface area contributed by atoms with Crippen LogP contribution in [-0.2, 0) is 11.3 Å². The van der Waals surface area contributed by atoms with E-state index in [0.717, 1.165) is 21.4 Å². The lowest BCUT2D eigenvalue weighted by Gasteiger charge is -2.09. The Balaban J connectivity index is 2.68. The summed E-state index contributed by atoms with van der Waals surface area (Å²) in [6, 6.07) is 5.57. The first-order valence-electron chi connectivity index (χ1n) is 5.59. The second kappa shape index (κ2) is 5.04.